The molecule has 3 rings (SSSR count). The van der Waals surface area contributed by atoms with Gasteiger partial charge in [-0.1, -0.05) is 12.8 Å². The molecule has 0 radical (unpaired) electrons. The Balaban J connectivity index is 1.63. The zero-order chi connectivity index (χ0) is 21.8. The maximum atomic E-state index is 12.7. The smallest absolute Gasteiger partial charge is 0.233 e. The molecular weight excluding hydrogens is 388 g/mol. The molecule has 8 heteroatoms. The molecule has 1 heterocycles. The van der Waals surface area contributed by atoms with Crippen LogP contribution in [0.25, 0.3) is 0 Å². The summed E-state index contributed by atoms with van der Waals surface area (Å²) < 4.78 is 16.2. The molecule has 0 aromatic heterocycles. The number of amides is 3. The number of imide groups is 1. The molecule has 1 saturated carbocycles. The topological polar surface area (TPSA) is 85.4 Å². The van der Waals surface area contributed by atoms with Crippen molar-refractivity contribution in [1.82, 2.24) is 9.80 Å². The molecule has 1 saturated heterocycles. The van der Waals surface area contributed by atoms with Gasteiger partial charge in [0, 0.05) is 32.1 Å². The minimum atomic E-state index is -0.185. The minimum absolute atomic E-state index is 0.100. The lowest BCUT2D eigenvalue weighted by atomic mass is 9.81. The highest BCUT2D eigenvalue weighted by molar-refractivity contribution is 6.05. The maximum absolute atomic E-state index is 12.7. The van der Waals surface area contributed by atoms with E-state index in [0.29, 0.717) is 23.8 Å². The van der Waals surface area contributed by atoms with E-state index >= 15 is 0 Å². The van der Waals surface area contributed by atoms with E-state index in [-0.39, 0.29) is 42.5 Å². The van der Waals surface area contributed by atoms with Gasteiger partial charge in [-0.05, 0) is 25.0 Å². The van der Waals surface area contributed by atoms with Crippen LogP contribution in [0.3, 0.4) is 0 Å². The molecule has 8 nitrogen and oxygen atoms in total. The fourth-order valence-corrected chi connectivity index (χ4v) is 4.48. The van der Waals surface area contributed by atoms with E-state index in [4.69, 9.17) is 14.2 Å². The fraction of sp³-hybridized carbons (Fsp3) is 0.591. The van der Waals surface area contributed by atoms with Gasteiger partial charge in [0.15, 0.2) is 11.5 Å². The molecule has 0 unspecified atom stereocenters. The first-order chi connectivity index (χ1) is 14.4. The molecule has 3 amide bonds. The number of rotatable bonds is 8. The number of likely N-dealkylation sites (tertiary alicyclic amines) is 1. The van der Waals surface area contributed by atoms with Crippen LogP contribution < -0.4 is 14.2 Å². The van der Waals surface area contributed by atoms with Crippen LogP contribution >= 0.6 is 0 Å². The van der Waals surface area contributed by atoms with Gasteiger partial charge in [-0.15, -0.1) is 0 Å². The molecule has 1 aromatic carbocycles. The van der Waals surface area contributed by atoms with Crippen molar-refractivity contribution in [3.8, 4) is 17.2 Å². The Labute approximate surface area is 177 Å². The zero-order valence-electron chi connectivity index (χ0n) is 18.1. The summed E-state index contributed by atoms with van der Waals surface area (Å²) in [6.07, 6.45) is 3.63. The van der Waals surface area contributed by atoms with Crippen LogP contribution in [-0.4, -0.2) is 62.4 Å². The summed E-state index contributed by atoms with van der Waals surface area (Å²) in [5.74, 6) is 0.773. The third-order valence-electron chi connectivity index (χ3n) is 6.10. The summed E-state index contributed by atoms with van der Waals surface area (Å²) >= 11 is 0. The SMILES string of the molecule is COc1ccc(CN(C)C(=O)CCN2C(=O)[C@@H]3CCCC[C@H]3C2=O)c(OC)c1OC. The lowest BCUT2D eigenvalue weighted by molar-refractivity contribution is -0.140. The molecule has 0 bridgehead atoms. The molecule has 0 N–H and O–H groups in total. The lowest BCUT2D eigenvalue weighted by Crippen LogP contribution is -2.36. The van der Waals surface area contributed by atoms with E-state index in [1.165, 1.54) is 19.1 Å². The highest BCUT2D eigenvalue weighted by atomic mass is 16.5. The number of hydrogen-bond donors (Lipinski definition) is 0. The number of benzene rings is 1. The molecule has 164 valence electrons. The second kappa shape index (κ2) is 9.36. The van der Waals surface area contributed by atoms with Crippen LogP contribution in [0.2, 0.25) is 0 Å². The van der Waals surface area contributed by atoms with E-state index in [1.807, 2.05) is 6.07 Å². The highest BCUT2D eigenvalue weighted by Gasteiger charge is 2.47. The summed E-state index contributed by atoms with van der Waals surface area (Å²) in [7, 11) is 6.29. The number of hydrogen-bond acceptors (Lipinski definition) is 6. The van der Waals surface area contributed by atoms with Crippen LogP contribution in [0.4, 0.5) is 0 Å². The fourth-order valence-electron chi connectivity index (χ4n) is 4.48. The number of ether oxygens (including phenoxy) is 3. The normalized spacial score (nSPS) is 20.7. The first-order valence-electron chi connectivity index (χ1n) is 10.3. The van der Waals surface area contributed by atoms with E-state index in [1.54, 1.807) is 25.1 Å². The predicted octanol–water partition coefficient (Wildman–Crippen LogP) is 2.24. The van der Waals surface area contributed by atoms with E-state index < -0.39 is 0 Å². The molecule has 2 aliphatic rings. The van der Waals surface area contributed by atoms with Crippen LogP contribution in [0.1, 0.15) is 37.7 Å². The standard InChI is InChI=1S/C22H30N2O6/c1-23(13-14-9-10-17(28-2)20(30-4)19(14)29-3)18(25)11-12-24-21(26)15-7-5-6-8-16(15)22(24)27/h9-10,15-16H,5-8,11-13H2,1-4H3/t15-,16-/m1/s1. The Kier molecular flexibility index (Phi) is 6.84. The zero-order valence-corrected chi connectivity index (χ0v) is 18.1. The third kappa shape index (κ3) is 4.08. The average Bonchev–Trinajstić information content (AvgIpc) is 3.01. The van der Waals surface area contributed by atoms with Gasteiger partial charge in [-0.25, -0.2) is 0 Å². The molecule has 1 aliphatic carbocycles. The summed E-state index contributed by atoms with van der Waals surface area (Å²) in [5.41, 5.74) is 0.769. The third-order valence-corrected chi connectivity index (χ3v) is 6.10. The Bertz CT molecular complexity index is 800. The van der Waals surface area contributed by atoms with Crippen molar-refractivity contribution in [3.63, 3.8) is 0 Å². The van der Waals surface area contributed by atoms with Gasteiger partial charge in [0.2, 0.25) is 23.5 Å². The van der Waals surface area contributed by atoms with E-state index in [2.05, 4.69) is 0 Å². The molecule has 1 aromatic rings. The highest BCUT2D eigenvalue weighted by Crippen LogP contribution is 2.40. The van der Waals surface area contributed by atoms with E-state index in [0.717, 1.165) is 31.2 Å². The second-order valence-electron chi connectivity index (χ2n) is 7.82. The Morgan fingerprint density at radius 1 is 1.00 bits per heavy atom. The largest absolute Gasteiger partial charge is 0.493 e. The summed E-state index contributed by atoms with van der Waals surface area (Å²) in [4.78, 5) is 40.7. The van der Waals surface area contributed by atoms with Gasteiger partial charge in [-0.2, -0.15) is 0 Å². The summed E-state index contributed by atoms with van der Waals surface area (Å²) in [6.45, 7) is 0.437. The molecular formula is C22H30N2O6. The van der Waals surface area contributed by atoms with Crippen molar-refractivity contribution in [3.05, 3.63) is 17.7 Å². The van der Waals surface area contributed by atoms with Crippen molar-refractivity contribution < 1.29 is 28.6 Å². The number of fused-ring (bicyclic) bond motifs is 1. The van der Waals surface area contributed by atoms with Crippen LogP contribution in [-0.2, 0) is 20.9 Å². The Morgan fingerprint density at radius 2 is 1.60 bits per heavy atom. The molecule has 2 fully saturated rings. The molecule has 0 spiro atoms. The van der Waals surface area contributed by atoms with Gasteiger partial charge < -0.3 is 19.1 Å². The minimum Gasteiger partial charge on any atom is -0.493 e. The second-order valence-corrected chi connectivity index (χ2v) is 7.82. The first-order valence-corrected chi connectivity index (χ1v) is 10.3. The molecule has 2 atom stereocenters. The first kappa shape index (κ1) is 21.9. The summed E-state index contributed by atoms with van der Waals surface area (Å²) in [5, 5.41) is 0. The predicted molar refractivity (Wildman–Crippen MR) is 109 cm³/mol. The van der Waals surface area contributed by atoms with Gasteiger partial charge in [0.1, 0.15) is 0 Å². The van der Waals surface area contributed by atoms with Gasteiger partial charge in [-0.3, -0.25) is 19.3 Å². The van der Waals surface area contributed by atoms with Gasteiger partial charge in [0.25, 0.3) is 0 Å². The van der Waals surface area contributed by atoms with Crippen LogP contribution in [0.15, 0.2) is 12.1 Å². The van der Waals surface area contributed by atoms with Crippen LogP contribution in [0.5, 0.6) is 17.2 Å². The average molecular weight is 418 g/mol. The Hall–Kier alpha value is -2.77. The lowest BCUT2D eigenvalue weighted by Gasteiger charge is -2.22. The monoisotopic (exact) mass is 418 g/mol. The van der Waals surface area contributed by atoms with Crippen molar-refractivity contribution >= 4 is 17.7 Å². The van der Waals surface area contributed by atoms with Crippen LogP contribution in [0, 0.1) is 11.8 Å². The van der Waals surface area contributed by atoms with E-state index in [9.17, 15) is 14.4 Å². The number of carbonyl (C=O) groups excluding carboxylic acids is 3. The maximum Gasteiger partial charge on any atom is 0.233 e. The van der Waals surface area contributed by atoms with Gasteiger partial charge in [0.05, 0.1) is 33.2 Å². The molecule has 30 heavy (non-hydrogen) atoms. The van der Waals surface area contributed by atoms with Crippen molar-refractivity contribution in [2.45, 2.75) is 38.6 Å². The Morgan fingerprint density at radius 3 is 2.13 bits per heavy atom. The van der Waals surface area contributed by atoms with Crippen molar-refractivity contribution in [2.75, 3.05) is 34.9 Å². The summed E-state index contributed by atoms with van der Waals surface area (Å²) in [6, 6.07) is 3.58. The molecule has 1 aliphatic heterocycles. The number of nitrogens with zero attached hydrogens (tertiary/aromatic N) is 2. The van der Waals surface area contributed by atoms with Gasteiger partial charge >= 0.3 is 0 Å². The quantitative estimate of drug-likeness (QED) is 0.602. The van der Waals surface area contributed by atoms with Crippen molar-refractivity contribution in [1.29, 1.82) is 0 Å². The van der Waals surface area contributed by atoms with Crippen molar-refractivity contribution in [2.24, 2.45) is 11.8 Å². The number of carbonyl (C=O) groups is 3. The number of methoxy groups -OCH3 is 3.